The molecule has 0 fully saturated rings. The van der Waals surface area contributed by atoms with E-state index in [1.165, 1.54) is 0 Å². The van der Waals surface area contributed by atoms with Crippen molar-refractivity contribution >= 4 is 17.5 Å². The molecule has 0 saturated carbocycles. The smallest absolute Gasteiger partial charge is 0.313 e. The second kappa shape index (κ2) is 9.42. The van der Waals surface area contributed by atoms with Gasteiger partial charge < -0.3 is 15.5 Å². The molecule has 0 unspecified atom stereocenters. The number of nitrogens with zero attached hydrogens (tertiary/aromatic N) is 1. The zero-order valence-corrected chi connectivity index (χ0v) is 15.8. The number of hydrogen-bond donors (Lipinski definition) is 2. The Morgan fingerprint density at radius 2 is 1.54 bits per heavy atom. The molecule has 0 bridgehead atoms. The van der Waals surface area contributed by atoms with Gasteiger partial charge in [0.15, 0.2) is 0 Å². The van der Waals surface area contributed by atoms with Crippen LogP contribution in [0.2, 0.25) is 0 Å². The van der Waals surface area contributed by atoms with Crippen molar-refractivity contribution in [2.24, 2.45) is 0 Å². The van der Waals surface area contributed by atoms with Crippen molar-refractivity contribution in [3.8, 4) is 0 Å². The topological polar surface area (TPSA) is 61.4 Å². The largest absolute Gasteiger partial charge is 0.348 e. The summed E-state index contributed by atoms with van der Waals surface area (Å²) in [7, 11) is 3.95. The molecule has 0 radical (unpaired) electrons. The standard InChI is InChI=1S/C19H31N3O2/c1-13(2)15-9-7-10-16(14(3)4)17(15)21-19(24)18(23)20-11-8-12-22(5)6/h7,9-10,13-14H,8,11-12H2,1-6H3,(H,20,23)(H,21,24). The molecule has 5 nitrogen and oxygen atoms in total. The van der Waals surface area contributed by atoms with Gasteiger partial charge in [0.25, 0.3) is 0 Å². The van der Waals surface area contributed by atoms with Gasteiger partial charge in [-0.15, -0.1) is 0 Å². The quantitative estimate of drug-likeness (QED) is 0.596. The van der Waals surface area contributed by atoms with Gasteiger partial charge in [0, 0.05) is 12.2 Å². The molecule has 0 aliphatic rings. The lowest BCUT2D eigenvalue weighted by Gasteiger charge is -2.20. The van der Waals surface area contributed by atoms with Crippen molar-refractivity contribution in [1.29, 1.82) is 0 Å². The highest BCUT2D eigenvalue weighted by atomic mass is 16.2. The van der Waals surface area contributed by atoms with E-state index in [-0.39, 0.29) is 11.8 Å². The molecule has 2 N–H and O–H groups in total. The first-order chi connectivity index (χ1) is 11.2. The van der Waals surface area contributed by atoms with E-state index in [1.807, 2.05) is 37.2 Å². The van der Waals surface area contributed by atoms with Crippen LogP contribution in [0.15, 0.2) is 18.2 Å². The molecule has 24 heavy (non-hydrogen) atoms. The molecule has 0 spiro atoms. The minimum atomic E-state index is -0.602. The Morgan fingerprint density at radius 1 is 1.00 bits per heavy atom. The van der Waals surface area contributed by atoms with Crippen LogP contribution in [0.3, 0.4) is 0 Å². The van der Waals surface area contributed by atoms with Gasteiger partial charge in [0.2, 0.25) is 0 Å². The molecule has 1 rings (SSSR count). The van der Waals surface area contributed by atoms with Crippen LogP contribution in [-0.2, 0) is 9.59 Å². The van der Waals surface area contributed by atoms with Gasteiger partial charge in [-0.2, -0.15) is 0 Å². The number of amides is 2. The zero-order valence-electron chi connectivity index (χ0n) is 15.8. The van der Waals surface area contributed by atoms with Crippen LogP contribution in [0.4, 0.5) is 5.69 Å². The maximum absolute atomic E-state index is 12.3. The number of rotatable bonds is 7. The first kappa shape index (κ1) is 20.2. The summed E-state index contributed by atoms with van der Waals surface area (Å²) in [6, 6.07) is 6.00. The van der Waals surface area contributed by atoms with E-state index in [9.17, 15) is 9.59 Å². The molecule has 0 saturated heterocycles. The van der Waals surface area contributed by atoms with Crippen LogP contribution < -0.4 is 10.6 Å². The average Bonchev–Trinajstić information content (AvgIpc) is 2.50. The van der Waals surface area contributed by atoms with E-state index in [4.69, 9.17) is 0 Å². The number of anilines is 1. The summed E-state index contributed by atoms with van der Waals surface area (Å²) in [6.45, 7) is 9.68. The van der Waals surface area contributed by atoms with Gasteiger partial charge in [-0.05, 0) is 50.0 Å². The molecule has 2 amide bonds. The lowest BCUT2D eigenvalue weighted by atomic mass is 9.92. The maximum Gasteiger partial charge on any atom is 0.313 e. The summed E-state index contributed by atoms with van der Waals surface area (Å²) >= 11 is 0. The van der Waals surface area contributed by atoms with Crippen LogP contribution in [-0.4, -0.2) is 43.9 Å². The Bertz CT molecular complexity index is 539. The van der Waals surface area contributed by atoms with E-state index < -0.39 is 11.8 Å². The zero-order chi connectivity index (χ0) is 18.3. The number of carbonyl (C=O) groups is 2. The van der Waals surface area contributed by atoms with Crippen molar-refractivity contribution in [3.63, 3.8) is 0 Å². The fourth-order valence-electron chi connectivity index (χ4n) is 2.54. The van der Waals surface area contributed by atoms with Gasteiger partial charge in [0.1, 0.15) is 0 Å². The monoisotopic (exact) mass is 333 g/mol. The Balaban J connectivity index is 2.80. The Hall–Kier alpha value is -1.88. The van der Waals surface area contributed by atoms with Crippen molar-refractivity contribution in [2.45, 2.75) is 46.0 Å². The van der Waals surface area contributed by atoms with E-state index in [1.54, 1.807) is 0 Å². The van der Waals surface area contributed by atoms with Crippen molar-refractivity contribution in [2.75, 3.05) is 32.5 Å². The van der Waals surface area contributed by atoms with Crippen LogP contribution in [0, 0.1) is 0 Å². The van der Waals surface area contributed by atoms with Gasteiger partial charge in [-0.25, -0.2) is 0 Å². The van der Waals surface area contributed by atoms with Crippen molar-refractivity contribution in [3.05, 3.63) is 29.3 Å². The minimum Gasteiger partial charge on any atom is -0.348 e. The minimum absolute atomic E-state index is 0.266. The van der Waals surface area contributed by atoms with E-state index >= 15 is 0 Å². The number of carbonyl (C=O) groups excluding carboxylic acids is 2. The highest BCUT2D eigenvalue weighted by Gasteiger charge is 2.19. The lowest BCUT2D eigenvalue weighted by Crippen LogP contribution is -2.37. The normalized spacial score (nSPS) is 11.2. The Kier molecular flexibility index (Phi) is 7.92. The molecule has 1 aromatic carbocycles. The summed E-state index contributed by atoms with van der Waals surface area (Å²) < 4.78 is 0. The summed E-state index contributed by atoms with van der Waals surface area (Å²) in [5.41, 5.74) is 2.88. The molecule has 134 valence electrons. The molecule has 5 heteroatoms. The Labute approximate surface area is 145 Å². The molecular weight excluding hydrogens is 302 g/mol. The number of para-hydroxylation sites is 1. The van der Waals surface area contributed by atoms with Crippen LogP contribution in [0.25, 0.3) is 0 Å². The number of benzene rings is 1. The summed E-state index contributed by atoms with van der Waals surface area (Å²) in [5.74, 6) is -0.652. The highest BCUT2D eigenvalue weighted by molar-refractivity contribution is 6.39. The molecular formula is C19H31N3O2. The Morgan fingerprint density at radius 3 is 2.00 bits per heavy atom. The first-order valence-corrected chi connectivity index (χ1v) is 8.60. The molecule has 1 aromatic rings. The summed E-state index contributed by atoms with van der Waals surface area (Å²) in [4.78, 5) is 26.3. The number of hydrogen-bond acceptors (Lipinski definition) is 3. The summed E-state index contributed by atoms with van der Waals surface area (Å²) in [5, 5.41) is 5.51. The number of nitrogens with one attached hydrogen (secondary N) is 2. The van der Waals surface area contributed by atoms with Gasteiger partial charge in [-0.1, -0.05) is 45.9 Å². The van der Waals surface area contributed by atoms with Gasteiger partial charge in [-0.3, -0.25) is 9.59 Å². The van der Waals surface area contributed by atoms with Crippen LogP contribution >= 0.6 is 0 Å². The van der Waals surface area contributed by atoms with E-state index in [0.717, 1.165) is 29.8 Å². The fourth-order valence-corrected chi connectivity index (χ4v) is 2.54. The van der Waals surface area contributed by atoms with Crippen LogP contribution in [0.1, 0.15) is 57.1 Å². The molecule has 0 heterocycles. The van der Waals surface area contributed by atoms with Crippen LogP contribution in [0.5, 0.6) is 0 Å². The molecule has 0 aliphatic heterocycles. The third-order valence-corrected chi connectivity index (χ3v) is 3.89. The molecule has 0 aromatic heterocycles. The molecule has 0 aliphatic carbocycles. The van der Waals surface area contributed by atoms with E-state index in [2.05, 4.69) is 38.3 Å². The molecule has 0 atom stereocenters. The second-order valence-corrected chi connectivity index (χ2v) is 6.99. The van der Waals surface area contributed by atoms with Gasteiger partial charge in [0.05, 0.1) is 0 Å². The SMILES string of the molecule is CC(C)c1cccc(C(C)C)c1NC(=O)C(=O)NCCCN(C)C. The predicted octanol–water partition coefficient (Wildman–Crippen LogP) is 2.94. The lowest BCUT2D eigenvalue weighted by molar-refractivity contribution is -0.136. The second-order valence-electron chi connectivity index (χ2n) is 6.99. The third kappa shape index (κ3) is 5.96. The highest BCUT2D eigenvalue weighted by Crippen LogP contribution is 2.32. The average molecular weight is 333 g/mol. The predicted molar refractivity (Wildman–Crippen MR) is 99.4 cm³/mol. The maximum atomic E-state index is 12.3. The van der Waals surface area contributed by atoms with Gasteiger partial charge >= 0.3 is 11.8 Å². The third-order valence-electron chi connectivity index (χ3n) is 3.89. The fraction of sp³-hybridized carbons (Fsp3) is 0.579. The summed E-state index contributed by atoms with van der Waals surface area (Å²) in [6.07, 6.45) is 0.811. The first-order valence-electron chi connectivity index (χ1n) is 8.60. The van der Waals surface area contributed by atoms with E-state index in [0.29, 0.717) is 6.54 Å². The van der Waals surface area contributed by atoms with Crippen molar-refractivity contribution in [1.82, 2.24) is 10.2 Å². The van der Waals surface area contributed by atoms with Crippen molar-refractivity contribution < 1.29 is 9.59 Å².